The Morgan fingerprint density at radius 1 is 1.17 bits per heavy atom. The highest BCUT2D eigenvalue weighted by Crippen LogP contribution is 2.31. The third kappa shape index (κ3) is 1.67. The molecule has 18 heavy (non-hydrogen) atoms. The number of benzene rings is 1. The van der Waals surface area contributed by atoms with E-state index >= 15 is 0 Å². The Bertz CT molecular complexity index is 736. The Labute approximate surface area is 111 Å². The summed E-state index contributed by atoms with van der Waals surface area (Å²) in [6, 6.07) is 10.6. The lowest BCUT2D eigenvalue weighted by molar-refractivity contribution is 0.619. The topological polar surface area (TPSA) is 43.3 Å². The Balaban J connectivity index is 2.31. The lowest BCUT2D eigenvalue weighted by Crippen LogP contribution is -1.95. The summed E-state index contributed by atoms with van der Waals surface area (Å²) < 4.78 is 15.6. The molecule has 0 saturated carbocycles. The molecule has 3 nitrogen and oxygen atoms in total. The van der Waals surface area contributed by atoms with Crippen molar-refractivity contribution in [3.63, 3.8) is 0 Å². The number of anilines is 1. The second-order valence-electron chi connectivity index (χ2n) is 3.90. The third-order valence-electron chi connectivity index (χ3n) is 2.75. The lowest BCUT2D eigenvalue weighted by atomic mass is 10.1. The fourth-order valence-electron chi connectivity index (χ4n) is 1.89. The minimum absolute atomic E-state index is 0.342. The molecular weight excluding hydrogens is 297 g/mol. The summed E-state index contributed by atoms with van der Waals surface area (Å²) in [5.41, 5.74) is 8.18. The SMILES string of the molecule is Nc1c(-c2ccccc2Br)nc2ccc(F)cn12. The smallest absolute Gasteiger partial charge is 0.140 e. The van der Waals surface area contributed by atoms with E-state index in [4.69, 9.17) is 5.73 Å². The summed E-state index contributed by atoms with van der Waals surface area (Å²) in [4.78, 5) is 4.43. The molecular formula is C13H9BrFN3. The molecule has 2 heterocycles. The predicted octanol–water partition coefficient (Wildman–Crippen LogP) is 3.49. The third-order valence-corrected chi connectivity index (χ3v) is 3.44. The van der Waals surface area contributed by atoms with Gasteiger partial charge in [-0.05, 0) is 18.2 Å². The van der Waals surface area contributed by atoms with Gasteiger partial charge in [-0.2, -0.15) is 0 Å². The maximum absolute atomic E-state index is 13.2. The van der Waals surface area contributed by atoms with Gasteiger partial charge < -0.3 is 5.73 Å². The molecule has 0 unspecified atom stereocenters. The molecule has 2 aromatic heterocycles. The summed E-state index contributed by atoms with van der Waals surface area (Å²) in [6.45, 7) is 0. The van der Waals surface area contributed by atoms with Gasteiger partial charge in [-0.3, -0.25) is 4.40 Å². The predicted molar refractivity (Wildman–Crippen MR) is 72.7 cm³/mol. The number of nitrogens with zero attached hydrogens (tertiary/aromatic N) is 2. The zero-order valence-corrected chi connectivity index (χ0v) is 10.9. The van der Waals surface area contributed by atoms with E-state index in [0.717, 1.165) is 10.0 Å². The Hall–Kier alpha value is -1.88. The van der Waals surface area contributed by atoms with E-state index in [2.05, 4.69) is 20.9 Å². The fourth-order valence-corrected chi connectivity index (χ4v) is 2.36. The molecule has 0 saturated heterocycles. The molecule has 1 aromatic carbocycles. The first kappa shape index (κ1) is 11.2. The van der Waals surface area contributed by atoms with Crippen LogP contribution in [0.3, 0.4) is 0 Å². The maximum atomic E-state index is 13.2. The van der Waals surface area contributed by atoms with Crippen molar-refractivity contribution in [1.82, 2.24) is 9.38 Å². The molecule has 0 aliphatic heterocycles. The van der Waals surface area contributed by atoms with Gasteiger partial charge in [0.1, 0.15) is 23.0 Å². The van der Waals surface area contributed by atoms with Crippen LogP contribution in [0, 0.1) is 5.82 Å². The Morgan fingerprint density at radius 3 is 2.72 bits per heavy atom. The van der Waals surface area contributed by atoms with Crippen LogP contribution in [0.25, 0.3) is 16.9 Å². The first-order valence-electron chi connectivity index (χ1n) is 5.35. The second kappa shape index (κ2) is 4.10. The largest absolute Gasteiger partial charge is 0.383 e. The fraction of sp³-hybridized carbons (Fsp3) is 0. The van der Waals surface area contributed by atoms with Gasteiger partial charge in [-0.15, -0.1) is 0 Å². The van der Waals surface area contributed by atoms with Crippen LogP contribution in [-0.4, -0.2) is 9.38 Å². The average Bonchev–Trinajstić information content (AvgIpc) is 2.68. The van der Waals surface area contributed by atoms with E-state index in [1.54, 1.807) is 10.5 Å². The van der Waals surface area contributed by atoms with Crippen LogP contribution in [0.5, 0.6) is 0 Å². The summed E-state index contributed by atoms with van der Waals surface area (Å²) >= 11 is 3.46. The minimum Gasteiger partial charge on any atom is -0.383 e. The van der Waals surface area contributed by atoms with Gasteiger partial charge in [-0.1, -0.05) is 34.1 Å². The molecule has 0 aliphatic carbocycles. The first-order chi connectivity index (χ1) is 8.66. The number of imidazole rings is 1. The van der Waals surface area contributed by atoms with Crippen molar-refractivity contribution >= 4 is 27.4 Å². The van der Waals surface area contributed by atoms with Crippen molar-refractivity contribution in [3.8, 4) is 11.3 Å². The van der Waals surface area contributed by atoms with E-state index in [9.17, 15) is 4.39 Å². The first-order valence-corrected chi connectivity index (χ1v) is 6.14. The zero-order chi connectivity index (χ0) is 12.7. The number of nitrogens with two attached hydrogens (primary N) is 1. The van der Waals surface area contributed by atoms with Gasteiger partial charge in [0.2, 0.25) is 0 Å². The number of rotatable bonds is 1. The van der Waals surface area contributed by atoms with E-state index in [1.165, 1.54) is 12.3 Å². The number of pyridine rings is 1. The summed E-state index contributed by atoms with van der Waals surface area (Å²) in [5.74, 6) is 0.0849. The van der Waals surface area contributed by atoms with Crippen LogP contribution >= 0.6 is 15.9 Å². The quantitative estimate of drug-likeness (QED) is 0.748. The molecule has 0 fully saturated rings. The molecule has 0 bridgehead atoms. The molecule has 0 aliphatic rings. The van der Waals surface area contributed by atoms with Crippen molar-refractivity contribution < 1.29 is 4.39 Å². The zero-order valence-electron chi connectivity index (χ0n) is 9.27. The van der Waals surface area contributed by atoms with E-state index in [0.29, 0.717) is 17.2 Å². The van der Waals surface area contributed by atoms with E-state index in [-0.39, 0.29) is 5.82 Å². The van der Waals surface area contributed by atoms with Crippen LogP contribution in [0.4, 0.5) is 10.2 Å². The van der Waals surface area contributed by atoms with Crippen LogP contribution < -0.4 is 5.73 Å². The van der Waals surface area contributed by atoms with E-state index < -0.39 is 0 Å². The number of halogens is 2. The van der Waals surface area contributed by atoms with Gasteiger partial charge >= 0.3 is 0 Å². The molecule has 3 rings (SSSR count). The number of hydrogen-bond acceptors (Lipinski definition) is 2. The van der Waals surface area contributed by atoms with Crippen molar-refractivity contribution in [1.29, 1.82) is 0 Å². The molecule has 2 N–H and O–H groups in total. The van der Waals surface area contributed by atoms with Crippen LogP contribution in [0.1, 0.15) is 0 Å². The lowest BCUT2D eigenvalue weighted by Gasteiger charge is -2.01. The van der Waals surface area contributed by atoms with Crippen molar-refractivity contribution in [2.24, 2.45) is 0 Å². The molecule has 0 radical (unpaired) electrons. The number of hydrogen-bond donors (Lipinski definition) is 1. The normalized spacial score (nSPS) is 11.0. The van der Waals surface area contributed by atoms with Gasteiger partial charge in [0.15, 0.2) is 0 Å². The van der Waals surface area contributed by atoms with Crippen LogP contribution in [0.15, 0.2) is 47.1 Å². The Morgan fingerprint density at radius 2 is 1.94 bits per heavy atom. The molecule has 0 amide bonds. The molecule has 0 atom stereocenters. The van der Waals surface area contributed by atoms with Gasteiger partial charge in [0.05, 0.1) is 0 Å². The summed E-state index contributed by atoms with van der Waals surface area (Å²) in [7, 11) is 0. The summed E-state index contributed by atoms with van der Waals surface area (Å²) in [5, 5.41) is 0. The van der Waals surface area contributed by atoms with Gasteiger partial charge in [-0.25, -0.2) is 9.37 Å². The highest BCUT2D eigenvalue weighted by atomic mass is 79.9. The molecule has 90 valence electrons. The highest BCUT2D eigenvalue weighted by molar-refractivity contribution is 9.10. The molecule has 3 aromatic rings. The average molecular weight is 306 g/mol. The van der Waals surface area contributed by atoms with Crippen molar-refractivity contribution in [2.45, 2.75) is 0 Å². The van der Waals surface area contributed by atoms with E-state index in [1.807, 2.05) is 24.3 Å². The summed E-state index contributed by atoms with van der Waals surface area (Å²) in [6.07, 6.45) is 1.33. The standard InChI is InChI=1S/C13H9BrFN3/c14-10-4-2-1-3-9(10)12-13(16)18-7-8(15)5-6-11(18)17-12/h1-7H,16H2. The minimum atomic E-state index is -0.342. The van der Waals surface area contributed by atoms with Crippen LogP contribution in [0.2, 0.25) is 0 Å². The number of aromatic nitrogens is 2. The van der Waals surface area contributed by atoms with Crippen molar-refractivity contribution in [2.75, 3.05) is 5.73 Å². The van der Waals surface area contributed by atoms with Crippen molar-refractivity contribution in [3.05, 3.63) is 52.9 Å². The Kier molecular flexibility index (Phi) is 2.56. The highest BCUT2D eigenvalue weighted by Gasteiger charge is 2.13. The van der Waals surface area contributed by atoms with Gasteiger partial charge in [0, 0.05) is 16.2 Å². The van der Waals surface area contributed by atoms with Crippen LogP contribution in [-0.2, 0) is 0 Å². The maximum Gasteiger partial charge on any atom is 0.140 e. The monoisotopic (exact) mass is 305 g/mol. The number of nitrogen functional groups attached to an aromatic ring is 1. The second-order valence-corrected chi connectivity index (χ2v) is 4.76. The molecule has 0 spiro atoms. The molecule has 5 heteroatoms. The number of fused-ring (bicyclic) bond motifs is 1. The van der Waals surface area contributed by atoms with Gasteiger partial charge in [0.25, 0.3) is 0 Å².